The van der Waals surface area contributed by atoms with Gasteiger partial charge in [-0.3, -0.25) is 4.79 Å². The van der Waals surface area contributed by atoms with Crippen molar-refractivity contribution in [3.63, 3.8) is 0 Å². The zero-order valence-electron chi connectivity index (χ0n) is 18.7. The van der Waals surface area contributed by atoms with Gasteiger partial charge < -0.3 is 4.90 Å². The molecule has 0 aromatic heterocycles. The standard InChI is InChI=1S/C22H21F6NO5S2/c1-35(31,32)19-12-16(22(26,27)28)5-6-18(19)20(30)29-9-7-14(8-10-29)13-36(33,34)17-4-2-3-15(11-17)21(23,24)25/h2-6,11-12,14H,7-10,13H2,1H3. The number of carbonyl (C=O) groups is 1. The van der Waals surface area contributed by atoms with Gasteiger partial charge in [-0.1, -0.05) is 6.07 Å². The lowest BCUT2D eigenvalue weighted by Crippen LogP contribution is -2.40. The van der Waals surface area contributed by atoms with Gasteiger partial charge in [-0.15, -0.1) is 0 Å². The highest BCUT2D eigenvalue weighted by Gasteiger charge is 2.35. The largest absolute Gasteiger partial charge is 0.416 e. The maximum Gasteiger partial charge on any atom is 0.416 e. The second-order valence-electron chi connectivity index (χ2n) is 8.52. The number of nitrogens with zero attached hydrogens (tertiary/aromatic N) is 1. The Balaban J connectivity index is 1.74. The van der Waals surface area contributed by atoms with Gasteiger partial charge in [-0.25, -0.2) is 16.8 Å². The lowest BCUT2D eigenvalue weighted by molar-refractivity contribution is -0.138. The number of hydrogen-bond donors (Lipinski definition) is 0. The van der Waals surface area contributed by atoms with Crippen LogP contribution >= 0.6 is 0 Å². The summed E-state index contributed by atoms with van der Waals surface area (Å²) in [6, 6.07) is 5.19. The van der Waals surface area contributed by atoms with Crippen LogP contribution in [0, 0.1) is 5.92 Å². The van der Waals surface area contributed by atoms with E-state index in [1.807, 2.05) is 0 Å². The Labute approximate surface area is 203 Å². The number of halogens is 6. The van der Waals surface area contributed by atoms with Crippen molar-refractivity contribution in [2.45, 2.75) is 35.0 Å². The van der Waals surface area contributed by atoms with Gasteiger partial charge in [-0.05, 0) is 55.2 Å². The summed E-state index contributed by atoms with van der Waals surface area (Å²) >= 11 is 0. The average Bonchev–Trinajstić information content (AvgIpc) is 2.77. The summed E-state index contributed by atoms with van der Waals surface area (Å²) in [6.07, 6.45) is -8.54. The van der Waals surface area contributed by atoms with Crippen molar-refractivity contribution in [2.75, 3.05) is 25.1 Å². The fraction of sp³-hybridized carbons (Fsp3) is 0.409. The van der Waals surface area contributed by atoms with Crippen LogP contribution in [0.5, 0.6) is 0 Å². The van der Waals surface area contributed by atoms with E-state index in [1.54, 1.807) is 0 Å². The minimum atomic E-state index is -4.82. The quantitative estimate of drug-likeness (QED) is 0.507. The van der Waals surface area contributed by atoms with Gasteiger partial charge in [0.15, 0.2) is 19.7 Å². The molecule has 36 heavy (non-hydrogen) atoms. The normalized spacial score (nSPS) is 16.2. The summed E-state index contributed by atoms with van der Waals surface area (Å²) in [7, 11) is -8.25. The smallest absolute Gasteiger partial charge is 0.339 e. The van der Waals surface area contributed by atoms with Gasteiger partial charge in [0.25, 0.3) is 5.91 Å². The van der Waals surface area contributed by atoms with Crippen molar-refractivity contribution in [1.29, 1.82) is 0 Å². The summed E-state index contributed by atoms with van der Waals surface area (Å²) in [4.78, 5) is 12.9. The molecular formula is C22H21F6NO5S2. The minimum Gasteiger partial charge on any atom is -0.339 e. The van der Waals surface area contributed by atoms with Crippen LogP contribution in [0.25, 0.3) is 0 Å². The number of rotatable bonds is 5. The molecule has 1 heterocycles. The molecule has 0 spiro atoms. The number of hydrogen-bond acceptors (Lipinski definition) is 5. The highest BCUT2D eigenvalue weighted by Crippen LogP contribution is 2.34. The molecule has 0 radical (unpaired) electrons. The van der Waals surface area contributed by atoms with Crippen LogP contribution in [0.2, 0.25) is 0 Å². The van der Waals surface area contributed by atoms with Crippen LogP contribution in [-0.2, 0) is 32.0 Å². The molecule has 0 saturated carbocycles. The number of benzene rings is 2. The van der Waals surface area contributed by atoms with Crippen LogP contribution in [0.3, 0.4) is 0 Å². The molecule has 3 rings (SSSR count). The molecule has 2 aromatic carbocycles. The number of piperidine rings is 1. The molecule has 0 aliphatic carbocycles. The van der Waals surface area contributed by atoms with Gasteiger partial charge in [0.2, 0.25) is 0 Å². The fourth-order valence-corrected chi connectivity index (χ4v) is 6.56. The predicted molar refractivity (Wildman–Crippen MR) is 117 cm³/mol. The van der Waals surface area contributed by atoms with Gasteiger partial charge in [0.1, 0.15) is 0 Å². The maximum atomic E-state index is 13.0. The summed E-state index contributed by atoms with van der Waals surface area (Å²) < 4.78 is 127. The Morgan fingerprint density at radius 2 is 1.44 bits per heavy atom. The Morgan fingerprint density at radius 3 is 1.97 bits per heavy atom. The zero-order chi connectivity index (χ0) is 27.1. The first-order chi connectivity index (χ1) is 16.4. The SMILES string of the molecule is CS(=O)(=O)c1cc(C(F)(F)F)ccc1C(=O)N1CCC(CS(=O)(=O)c2cccc(C(F)(F)F)c2)CC1. The first-order valence-electron chi connectivity index (χ1n) is 10.5. The van der Waals surface area contributed by atoms with Gasteiger partial charge >= 0.3 is 12.4 Å². The lowest BCUT2D eigenvalue weighted by atomic mass is 9.98. The van der Waals surface area contributed by atoms with E-state index in [0.717, 1.165) is 24.3 Å². The average molecular weight is 558 g/mol. The number of carbonyl (C=O) groups excluding carboxylic acids is 1. The van der Waals surface area contributed by atoms with Crippen LogP contribution in [-0.4, -0.2) is 52.7 Å². The molecule has 0 N–H and O–H groups in total. The second kappa shape index (κ2) is 9.69. The zero-order valence-corrected chi connectivity index (χ0v) is 20.4. The summed E-state index contributed by atoms with van der Waals surface area (Å²) in [6.45, 7) is -0.0162. The molecule has 1 aliphatic heterocycles. The van der Waals surface area contributed by atoms with Crippen LogP contribution in [0.15, 0.2) is 52.3 Å². The van der Waals surface area contributed by atoms with Gasteiger partial charge in [0.05, 0.1) is 32.2 Å². The van der Waals surface area contributed by atoms with E-state index >= 15 is 0 Å². The Kier molecular flexibility index (Phi) is 7.53. The molecule has 14 heteroatoms. The first-order valence-corrected chi connectivity index (χ1v) is 14.0. The molecule has 0 bridgehead atoms. The third-order valence-electron chi connectivity index (χ3n) is 5.82. The number of amides is 1. The molecule has 1 fully saturated rings. The van der Waals surface area contributed by atoms with E-state index < -0.39 is 76.1 Å². The van der Waals surface area contributed by atoms with Crippen molar-refractivity contribution in [2.24, 2.45) is 5.92 Å². The van der Waals surface area contributed by atoms with Crippen molar-refractivity contribution in [3.8, 4) is 0 Å². The fourth-order valence-electron chi connectivity index (χ4n) is 3.93. The second-order valence-corrected chi connectivity index (χ2v) is 12.5. The van der Waals surface area contributed by atoms with E-state index in [0.29, 0.717) is 24.5 Å². The lowest BCUT2D eigenvalue weighted by Gasteiger charge is -2.32. The maximum absolute atomic E-state index is 13.0. The van der Waals surface area contributed by atoms with Gasteiger partial charge in [-0.2, -0.15) is 26.3 Å². The molecule has 0 atom stereocenters. The first kappa shape index (κ1) is 28.0. The van der Waals surface area contributed by atoms with Crippen molar-refractivity contribution in [1.82, 2.24) is 4.90 Å². The van der Waals surface area contributed by atoms with E-state index in [2.05, 4.69) is 0 Å². The molecule has 1 amide bonds. The van der Waals surface area contributed by atoms with E-state index in [4.69, 9.17) is 0 Å². The highest BCUT2D eigenvalue weighted by molar-refractivity contribution is 7.91. The monoisotopic (exact) mass is 557 g/mol. The van der Waals surface area contributed by atoms with Gasteiger partial charge in [0, 0.05) is 19.3 Å². The Hall–Kier alpha value is -2.61. The molecule has 198 valence electrons. The summed E-state index contributed by atoms with van der Waals surface area (Å²) in [5, 5.41) is 0. The molecule has 0 unspecified atom stereocenters. The van der Waals surface area contributed by atoms with E-state index in [-0.39, 0.29) is 25.9 Å². The summed E-state index contributed by atoms with van der Waals surface area (Å²) in [5.41, 5.74) is -2.75. The topological polar surface area (TPSA) is 88.6 Å². The molecule has 1 aliphatic rings. The minimum absolute atomic E-state index is 0.00810. The Morgan fingerprint density at radius 1 is 0.889 bits per heavy atom. The van der Waals surface area contributed by atoms with Crippen LogP contribution in [0.4, 0.5) is 26.3 Å². The molecule has 2 aromatic rings. The predicted octanol–water partition coefficient (Wildman–Crippen LogP) is 4.45. The number of likely N-dealkylation sites (tertiary alicyclic amines) is 1. The van der Waals surface area contributed by atoms with Crippen LogP contribution < -0.4 is 0 Å². The molecule has 6 nitrogen and oxygen atoms in total. The third kappa shape index (κ3) is 6.38. The third-order valence-corrected chi connectivity index (χ3v) is 8.84. The van der Waals surface area contributed by atoms with Crippen LogP contribution in [0.1, 0.15) is 34.3 Å². The molecular weight excluding hydrogens is 536 g/mol. The molecule has 1 saturated heterocycles. The number of alkyl halides is 6. The van der Waals surface area contributed by atoms with Crippen molar-refractivity contribution >= 4 is 25.6 Å². The van der Waals surface area contributed by atoms with E-state index in [9.17, 15) is 48.0 Å². The highest BCUT2D eigenvalue weighted by atomic mass is 32.2. The number of sulfone groups is 2. The Bertz CT molecular complexity index is 1360. The summed E-state index contributed by atoms with van der Waals surface area (Å²) in [5.74, 6) is -1.76. The van der Waals surface area contributed by atoms with Crippen molar-refractivity contribution < 1.29 is 48.0 Å². The van der Waals surface area contributed by atoms with E-state index in [1.165, 1.54) is 4.90 Å². The van der Waals surface area contributed by atoms with Crippen molar-refractivity contribution in [3.05, 3.63) is 59.2 Å².